The minimum Gasteiger partial charge on any atom is -0.478 e. The lowest BCUT2D eigenvalue weighted by Crippen LogP contribution is -2.39. The first kappa shape index (κ1) is 29.1. The molecule has 0 saturated carbocycles. The zero-order valence-corrected chi connectivity index (χ0v) is 25.2. The van der Waals surface area contributed by atoms with Gasteiger partial charge in [0, 0.05) is 22.2 Å². The highest BCUT2D eigenvalue weighted by atomic mass is 35.5. The Morgan fingerprint density at radius 1 is 1.07 bits per heavy atom. The number of fused-ring (bicyclic) bond motifs is 1. The molecule has 10 heteroatoms. The van der Waals surface area contributed by atoms with Crippen LogP contribution in [0.1, 0.15) is 45.8 Å². The molecule has 1 aliphatic heterocycles. The molecule has 44 heavy (non-hydrogen) atoms. The van der Waals surface area contributed by atoms with Crippen LogP contribution in [0.2, 0.25) is 5.02 Å². The first-order valence-electron chi connectivity index (χ1n) is 13.7. The zero-order valence-electron chi connectivity index (χ0n) is 23.6. The molecule has 8 nitrogen and oxygen atoms in total. The quantitative estimate of drug-likeness (QED) is 0.227. The Morgan fingerprint density at radius 2 is 1.82 bits per heavy atom. The minimum absolute atomic E-state index is 0.144. The van der Waals surface area contributed by atoms with Crippen LogP contribution in [0, 0.1) is 6.92 Å². The standard InChI is InChI=1S/C34H25ClN2O6S/c1-3-42-33(41)28-29(20-7-5-4-6-8-20)36-34-37(30(28)21-11-13-23(35)14-12-21)31(38)27(44-34)18-24-15-16-26(43-24)25-17-22(32(39)40)10-9-19(25)2/h4-18,30H,3H2,1-2H3,(H,39,40)/b27-18-/t30-/m1/s1. The van der Waals surface area contributed by atoms with Crippen LogP contribution in [0.5, 0.6) is 0 Å². The maximum Gasteiger partial charge on any atom is 0.338 e. The van der Waals surface area contributed by atoms with Gasteiger partial charge in [0.25, 0.3) is 5.56 Å². The molecule has 2 aromatic heterocycles. The van der Waals surface area contributed by atoms with E-state index in [-0.39, 0.29) is 23.3 Å². The molecule has 0 saturated heterocycles. The Bertz CT molecular complexity index is 2120. The summed E-state index contributed by atoms with van der Waals surface area (Å²) in [6.07, 6.45) is 1.62. The number of carbonyl (C=O) groups excluding carboxylic acids is 1. The van der Waals surface area contributed by atoms with Crippen LogP contribution in [0.15, 0.2) is 105 Å². The highest BCUT2D eigenvalue weighted by Gasteiger charge is 2.35. The van der Waals surface area contributed by atoms with Gasteiger partial charge in [-0.2, -0.15) is 0 Å². The molecule has 0 radical (unpaired) electrons. The molecule has 0 unspecified atom stereocenters. The van der Waals surface area contributed by atoms with Crippen LogP contribution in [-0.4, -0.2) is 28.2 Å². The van der Waals surface area contributed by atoms with Gasteiger partial charge in [-0.3, -0.25) is 9.36 Å². The third kappa shape index (κ3) is 5.43. The maximum atomic E-state index is 14.1. The second kappa shape index (κ2) is 11.9. The Morgan fingerprint density at radius 3 is 2.52 bits per heavy atom. The van der Waals surface area contributed by atoms with Crippen molar-refractivity contribution in [1.82, 2.24) is 4.57 Å². The average Bonchev–Trinajstić information content (AvgIpc) is 3.61. The number of aryl methyl sites for hydroxylation is 1. The van der Waals surface area contributed by atoms with E-state index in [1.54, 1.807) is 61.5 Å². The average molecular weight is 625 g/mol. The number of carboxylic acid groups (broad SMARTS) is 1. The summed E-state index contributed by atoms with van der Waals surface area (Å²) < 4.78 is 13.4. The molecule has 0 aliphatic carbocycles. The normalized spacial score (nSPS) is 14.7. The Balaban J connectivity index is 1.54. The van der Waals surface area contributed by atoms with Crippen molar-refractivity contribution < 1.29 is 23.8 Å². The molecule has 3 heterocycles. The van der Waals surface area contributed by atoms with E-state index in [0.29, 0.717) is 48.3 Å². The number of carboxylic acids is 1. The fourth-order valence-electron chi connectivity index (χ4n) is 5.13. The van der Waals surface area contributed by atoms with Gasteiger partial charge < -0.3 is 14.3 Å². The van der Waals surface area contributed by atoms with Crippen molar-refractivity contribution in [3.63, 3.8) is 0 Å². The van der Waals surface area contributed by atoms with Crippen LogP contribution >= 0.6 is 22.9 Å². The number of aromatic nitrogens is 1. The number of nitrogens with zero attached hydrogens (tertiary/aromatic N) is 2. The van der Waals surface area contributed by atoms with E-state index in [4.69, 9.17) is 25.7 Å². The predicted molar refractivity (Wildman–Crippen MR) is 168 cm³/mol. The van der Waals surface area contributed by atoms with Crippen molar-refractivity contribution >= 4 is 46.6 Å². The van der Waals surface area contributed by atoms with E-state index in [9.17, 15) is 19.5 Å². The molecule has 0 amide bonds. The number of aromatic carboxylic acids is 1. The number of hydrogen-bond acceptors (Lipinski definition) is 7. The van der Waals surface area contributed by atoms with Gasteiger partial charge in [-0.05, 0) is 61.4 Å². The summed E-state index contributed by atoms with van der Waals surface area (Å²) in [5, 5.41) is 9.95. The van der Waals surface area contributed by atoms with Crippen molar-refractivity contribution in [1.29, 1.82) is 0 Å². The first-order valence-corrected chi connectivity index (χ1v) is 14.9. The lowest BCUT2D eigenvalue weighted by Gasteiger charge is -2.25. The molecule has 0 fully saturated rings. The van der Waals surface area contributed by atoms with Crippen molar-refractivity contribution in [2.24, 2.45) is 4.99 Å². The van der Waals surface area contributed by atoms with Crippen molar-refractivity contribution in [2.45, 2.75) is 19.9 Å². The van der Waals surface area contributed by atoms with Crippen LogP contribution in [0.3, 0.4) is 0 Å². The Labute approximate surface area is 260 Å². The number of esters is 1. The van der Waals surface area contributed by atoms with E-state index in [2.05, 4.69) is 0 Å². The van der Waals surface area contributed by atoms with E-state index in [1.165, 1.54) is 22.0 Å². The second-order valence-corrected chi connectivity index (χ2v) is 11.5. The first-order chi connectivity index (χ1) is 21.2. The molecule has 1 aliphatic rings. The fourth-order valence-corrected chi connectivity index (χ4v) is 6.23. The summed E-state index contributed by atoms with van der Waals surface area (Å²) >= 11 is 7.37. The largest absolute Gasteiger partial charge is 0.478 e. The van der Waals surface area contributed by atoms with E-state index in [0.717, 1.165) is 5.56 Å². The fraction of sp³-hybridized carbons (Fsp3) is 0.118. The number of thiazole rings is 1. The topological polar surface area (TPSA) is 111 Å². The summed E-state index contributed by atoms with van der Waals surface area (Å²) in [7, 11) is 0. The van der Waals surface area contributed by atoms with E-state index in [1.807, 2.05) is 37.3 Å². The third-order valence-corrected chi connectivity index (χ3v) is 8.44. The molecular formula is C34H25ClN2O6S. The Kier molecular flexibility index (Phi) is 7.90. The molecule has 0 bridgehead atoms. The van der Waals surface area contributed by atoms with Gasteiger partial charge in [-0.25, -0.2) is 14.6 Å². The van der Waals surface area contributed by atoms with Crippen LogP contribution in [0.4, 0.5) is 0 Å². The molecule has 1 N–H and O–H groups in total. The van der Waals surface area contributed by atoms with E-state index >= 15 is 0 Å². The van der Waals surface area contributed by atoms with Gasteiger partial charge >= 0.3 is 11.9 Å². The minimum atomic E-state index is -1.04. The van der Waals surface area contributed by atoms with Gasteiger partial charge in [0.05, 0.1) is 34.0 Å². The zero-order chi connectivity index (χ0) is 31.0. The van der Waals surface area contributed by atoms with Gasteiger partial charge in [0.1, 0.15) is 11.5 Å². The van der Waals surface area contributed by atoms with Gasteiger partial charge in [-0.15, -0.1) is 0 Å². The predicted octanol–water partition coefficient (Wildman–Crippen LogP) is 5.86. The molecule has 0 spiro atoms. The SMILES string of the molecule is CCOC(=O)C1=C(c2ccccc2)N=c2s/c(=C\c3ccc(-c4cc(C(=O)O)ccc4C)o3)c(=O)n2[C@@H]1c1ccc(Cl)cc1. The molecule has 1 atom stereocenters. The summed E-state index contributed by atoms with van der Waals surface area (Å²) in [5.74, 6) is -0.730. The number of furan rings is 1. The van der Waals surface area contributed by atoms with E-state index < -0.39 is 18.0 Å². The van der Waals surface area contributed by atoms with Crippen LogP contribution in [0.25, 0.3) is 23.1 Å². The van der Waals surface area contributed by atoms with Crippen LogP contribution < -0.4 is 14.9 Å². The lowest BCUT2D eigenvalue weighted by molar-refractivity contribution is -0.138. The summed E-state index contributed by atoms with van der Waals surface area (Å²) in [5.41, 5.74) is 3.32. The monoisotopic (exact) mass is 624 g/mol. The summed E-state index contributed by atoms with van der Waals surface area (Å²) in [6, 6.07) is 23.7. The number of halogens is 1. The summed E-state index contributed by atoms with van der Waals surface area (Å²) in [4.78, 5) is 44.4. The third-order valence-electron chi connectivity index (χ3n) is 7.21. The van der Waals surface area contributed by atoms with Crippen molar-refractivity contribution in [3.05, 3.63) is 143 Å². The number of rotatable bonds is 7. The summed E-state index contributed by atoms with van der Waals surface area (Å²) in [6.45, 7) is 3.74. The molecule has 6 rings (SSSR count). The van der Waals surface area contributed by atoms with Crippen molar-refractivity contribution in [2.75, 3.05) is 6.61 Å². The second-order valence-electron chi connectivity index (χ2n) is 10.0. The maximum absolute atomic E-state index is 14.1. The molecule has 3 aromatic carbocycles. The van der Waals surface area contributed by atoms with Crippen LogP contribution in [-0.2, 0) is 9.53 Å². The molecular weight excluding hydrogens is 600 g/mol. The van der Waals surface area contributed by atoms with Gasteiger partial charge in [-0.1, -0.05) is 71.5 Å². The number of carbonyl (C=O) groups is 2. The highest BCUT2D eigenvalue weighted by molar-refractivity contribution is 7.07. The number of benzene rings is 3. The smallest absolute Gasteiger partial charge is 0.338 e. The Hall–Kier alpha value is -4.99. The number of hydrogen-bond donors (Lipinski definition) is 1. The molecule has 220 valence electrons. The van der Waals surface area contributed by atoms with Gasteiger partial charge in [0.15, 0.2) is 4.80 Å². The highest BCUT2D eigenvalue weighted by Crippen LogP contribution is 2.35. The van der Waals surface area contributed by atoms with Gasteiger partial charge in [0.2, 0.25) is 0 Å². The lowest BCUT2D eigenvalue weighted by atomic mass is 9.93. The number of ether oxygens (including phenoxy) is 1. The van der Waals surface area contributed by atoms with Crippen molar-refractivity contribution in [3.8, 4) is 11.3 Å². The molecule has 5 aromatic rings.